The van der Waals surface area contributed by atoms with Gasteiger partial charge in [0.25, 0.3) is 0 Å². The predicted octanol–water partition coefficient (Wildman–Crippen LogP) is 12.0. The van der Waals surface area contributed by atoms with Crippen LogP contribution < -0.4 is 5.32 Å². The molecule has 0 fully saturated rings. The Morgan fingerprint density at radius 3 is 0.914 bits per heavy atom. The molecule has 0 aliphatic rings. The van der Waals surface area contributed by atoms with Crippen LogP contribution in [0.2, 0.25) is 0 Å². The van der Waals surface area contributed by atoms with E-state index in [0.29, 0.717) is 0 Å². The molecule has 0 aliphatic carbocycles. The maximum absolute atomic E-state index is 3.68. The van der Waals surface area contributed by atoms with E-state index in [2.05, 4.69) is 33.0 Å². The maximum Gasteiger partial charge on any atom is -0.00489 e. The molecular weight excluding hydrogens is 422 g/mol. The lowest BCUT2D eigenvalue weighted by molar-refractivity contribution is 0.435. The third-order valence-electron chi connectivity index (χ3n) is 8.20. The molecule has 0 saturated heterocycles. The molecular formula is C34H71N. The first kappa shape index (κ1) is 35.0. The highest BCUT2D eigenvalue weighted by Gasteiger charge is 2.02. The SMILES string of the molecule is CCCCCC(C)CCCCCCCCCCNCCCCCCCCCCC(C)CCCCC. The van der Waals surface area contributed by atoms with Gasteiger partial charge in [0.2, 0.25) is 0 Å². The van der Waals surface area contributed by atoms with Crippen molar-refractivity contribution >= 4 is 0 Å². The molecule has 1 N–H and O–H groups in total. The van der Waals surface area contributed by atoms with E-state index in [9.17, 15) is 0 Å². The van der Waals surface area contributed by atoms with Gasteiger partial charge in [-0.3, -0.25) is 0 Å². The van der Waals surface area contributed by atoms with Crippen LogP contribution >= 0.6 is 0 Å². The van der Waals surface area contributed by atoms with E-state index in [1.165, 1.54) is 180 Å². The summed E-state index contributed by atoms with van der Waals surface area (Å²) >= 11 is 0. The van der Waals surface area contributed by atoms with E-state index < -0.39 is 0 Å². The third kappa shape index (κ3) is 30.1. The summed E-state index contributed by atoms with van der Waals surface area (Å²) in [6.07, 6.45) is 37.5. The van der Waals surface area contributed by atoms with Gasteiger partial charge >= 0.3 is 0 Å². The van der Waals surface area contributed by atoms with Gasteiger partial charge in [0, 0.05) is 0 Å². The summed E-state index contributed by atoms with van der Waals surface area (Å²) < 4.78 is 0. The minimum atomic E-state index is 0.961. The van der Waals surface area contributed by atoms with E-state index in [0.717, 1.165) is 11.8 Å². The van der Waals surface area contributed by atoms with Crippen LogP contribution in [0.25, 0.3) is 0 Å². The molecule has 212 valence electrons. The molecule has 1 nitrogen and oxygen atoms in total. The van der Waals surface area contributed by atoms with E-state index in [-0.39, 0.29) is 0 Å². The van der Waals surface area contributed by atoms with Gasteiger partial charge in [-0.15, -0.1) is 0 Å². The lowest BCUT2D eigenvalue weighted by atomic mass is 9.96. The van der Waals surface area contributed by atoms with E-state index >= 15 is 0 Å². The van der Waals surface area contributed by atoms with Gasteiger partial charge < -0.3 is 5.32 Å². The Hall–Kier alpha value is -0.0400. The maximum atomic E-state index is 3.68. The third-order valence-corrected chi connectivity index (χ3v) is 8.20. The van der Waals surface area contributed by atoms with Crippen molar-refractivity contribution in [2.45, 2.75) is 195 Å². The molecule has 0 aromatic rings. The van der Waals surface area contributed by atoms with Crippen LogP contribution in [0.5, 0.6) is 0 Å². The highest BCUT2D eigenvalue weighted by Crippen LogP contribution is 2.19. The van der Waals surface area contributed by atoms with Crippen molar-refractivity contribution in [3.8, 4) is 0 Å². The second-order valence-electron chi connectivity index (χ2n) is 12.2. The molecule has 2 unspecified atom stereocenters. The Bertz CT molecular complexity index is 332. The molecule has 0 radical (unpaired) electrons. The molecule has 35 heavy (non-hydrogen) atoms. The standard InChI is InChI=1S/C34H71N/c1-5-7-21-27-33(3)29-23-17-13-9-11-15-19-25-31-35-32-26-20-16-12-10-14-18-24-30-34(4)28-22-8-6-2/h33-35H,5-32H2,1-4H3. The summed E-state index contributed by atoms with van der Waals surface area (Å²) in [5.41, 5.74) is 0. The van der Waals surface area contributed by atoms with Crippen LogP contribution in [0.4, 0.5) is 0 Å². The molecule has 0 saturated carbocycles. The van der Waals surface area contributed by atoms with Crippen LogP contribution in [-0.4, -0.2) is 13.1 Å². The average molecular weight is 494 g/mol. The number of rotatable bonds is 30. The van der Waals surface area contributed by atoms with Crippen molar-refractivity contribution in [3.05, 3.63) is 0 Å². The second-order valence-corrected chi connectivity index (χ2v) is 12.2. The highest BCUT2D eigenvalue weighted by molar-refractivity contribution is 4.57. The molecule has 0 aromatic carbocycles. The Kier molecular flexibility index (Phi) is 30.2. The lowest BCUT2D eigenvalue weighted by Crippen LogP contribution is -2.16. The van der Waals surface area contributed by atoms with Crippen molar-refractivity contribution in [2.75, 3.05) is 13.1 Å². The Morgan fingerprint density at radius 1 is 0.343 bits per heavy atom. The van der Waals surface area contributed by atoms with Crippen molar-refractivity contribution in [3.63, 3.8) is 0 Å². The molecule has 0 heterocycles. The second kappa shape index (κ2) is 30.2. The summed E-state index contributed by atoms with van der Waals surface area (Å²) in [6.45, 7) is 12.0. The summed E-state index contributed by atoms with van der Waals surface area (Å²) in [5, 5.41) is 3.68. The van der Waals surface area contributed by atoms with E-state index in [4.69, 9.17) is 0 Å². The summed E-state index contributed by atoms with van der Waals surface area (Å²) in [5.74, 6) is 1.92. The molecule has 0 rings (SSSR count). The van der Waals surface area contributed by atoms with Gasteiger partial charge in [0.1, 0.15) is 0 Å². The predicted molar refractivity (Wildman–Crippen MR) is 163 cm³/mol. The summed E-state index contributed by atoms with van der Waals surface area (Å²) in [6, 6.07) is 0. The smallest absolute Gasteiger partial charge is 0.00489 e. The average Bonchev–Trinajstić information content (AvgIpc) is 2.85. The Morgan fingerprint density at radius 2 is 0.600 bits per heavy atom. The van der Waals surface area contributed by atoms with Gasteiger partial charge in [-0.05, 0) is 37.8 Å². The molecule has 0 spiro atoms. The van der Waals surface area contributed by atoms with Crippen molar-refractivity contribution < 1.29 is 0 Å². The summed E-state index contributed by atoms with van der Waals surface area (Å²) in [7, 11) is 0. The van der Waals surface area contributed by atoms with Gasteiger partial charge in [-0.25, -0.2) is 0 Å². The van der Waals surface area contributed by atoms with Gasteiger partial charge in [0.05, 0.1) is 0 Å². The van der Waals surface area contributed by atoms with Crippen LogP contribution in [0.15, 0.2) is 0 Å². The van der Waals surface area contributed by atoms with Crippen molar-refractivity contribution in [1.82, 2.24) is 5.32 Å². The van der Waals surface area contributed by atoms with Crippen LogP contribution in [-0.2, 0) is 0 Å². The fourth-order valence-electron chi connectivity index (χ4n) is 5.51. The van der Waals surface area contributed by atoms with Gasteiger partial charge in [0.15, 0.2) is 0 Å². The van der Waals surface area contributed by atoms with Crippen LogP contribution in [0, 0.1) is 11.8 Å². The zero-order valence-corrected chi connectivity index (χ0v) is 25.5. The minimum Gasteiger partial charge on any atom is -0.317 e. The number of unbranched alkanes of at least 4 members (excludes halogenated alkanes) is 18. The topological polar surface area (TPSA) is 12.0 Å². The number of hydrogen-bond donors (Lipinski definition) is 1. The minimum absolute atomic E-state index is 0.961. The molecule has 0 amide bonds. The zero-order valence-electron chi connectivity index (χ0n) is 25.5. The van der Waals surface area contributed by atoms with Gasteiger partial charge in [-0.1, -0.05) is 182 Å². The van der Waals surface area contributed by atoms with Crippen molar-refractivity contribution in [2.24, 2.45) is 11.8 Å². The molecule has 2 atom stereocenters. The quantitative estimate of drug-likeness (QED) is 0.0980. The number of nitrogens with one attached hydrogen (secondary N) is 1. The Balaban J connectivity index is 3.11. The van der Waals surface area contributed by atoms with Crippen LogP contribution in [0.1, 0.15) is 195 Å². The summed E-state index contributed by atoms with van der Waals surface area (Å²) in [4.78, 5) is 0. The normalized spacial score (nSPS) is 13.4. The molecule has 0 aliphatic heterocycles. The lowest BCUT2D eigenvalue weighted by Gasteiger charge is -2.10. The molecule has 0 bridgehead atoms. The van der Waals surface area contributed by atoms with Gasteiger partial charge in [-0.2, -0.15) is 0 Å². The molecule has 1 heteroatoms. The largest absolute Gasteiger partial charge is 0.317 e. The highest BCUT2D eigenvalue weighted by atomic mass is 14.8. The van der Waals surface area contributed by atoms with Crippen LogP contribution in [0.3, 0.4) is 0 Å². The van der Waals surface area contributed by atoms with E-state index in [1.807, 2.05) is 0 Å². The Labute approximate surface area is 224 Å². The monoisotopic (exact) mass is 494 g/mol. The first-order valence-electron chi connectivity index (χ1n) is 16.9. The fraction of sp³-hybridized carbons (Fsp3) is 1.00. The first-order valence-corrected chi connectivity index (χ1v) is 16.9. The first-order chi connectivity index (χ1) is 17.2. The number of hydrogen-bond acceptors (Lipinski definition) is 1. The van der Waals surface area contributed by atoms with E-state index in [1.54, 1.807) is 0 Å². The fourth-order valence-corrected chi connectivity index (χ4v) is 5.51. The molecule has 0 aromatic heterocycles. The van der Waals surface area contributed by atoms with Crippen molar-refractivity contribution in [1.29, 1.82) is 0 Å². The zero-order chi connectivity index (χ0) is 25.7.